The number of amides is 2. The van der Waals surface area contributed by atoms with Gasteiger partial charge < -0.3 is 10.2 Å². The molecule has 0 aromatic heterocycles. The van der Waals surface area contributed by atoms with Gasteiger partial charge in [0.2, 0.25) is 11.8 Å². The topological polar surface area (TPSA) is 49.4 Å². The Morgan fingerprint density at radius 1 is 1.33 bits per heavy atom. The van der Waals surface area contributed by atoms with Crippen molar-refractivity contribution in [1.82, 2.24) is 10.2 Å². The predicted octanol–water partition coefficient (Wildman–Crippen LogP) is 1.94. The molecule has 4 heteroatoms. The van der Waals surface area contributed by atoms with Crippen molar-refractivity contribution in [2.24, 2.45) is 5.92 Å². The smallest absolute Gasteiger partial charge is 0.245 e. The average Bonchev–Trinajstić information content (AvgIpc) is 2.35. The molecule has 0 aromatic rings. The van der Waals surface area contributed by atoms with Crippen LogP contribution >= 0.6 is 0 Å². The molecule has 0 spiro atoms. The summed E-state index contributed by atoms with van der Waals surface area (Å²) in [4.78, 5) is 26.3. The quantitative estimate of drug-likeness (QED) is 0.833. The van der Waals surface area contributed by atoms with Crippen LogP contribution < -0.4 is 5.32 Å². The Hall–Kier alpha value is -1.06. The Kier molecular flexibility index (Phi) is 5.17. The van der Waals surface area contributed by atoms with Crippen molar-refractivity contribution in [1.29, 1.82) is 0 Å². The van der Waals surface area contributed by atoms with E-state index >= 15 is 0 Å². The summed E-state index contributed by atoms with van der Waals surface area (Å²) in [6.07, 6.45) is 2.43. The predicted molar refractivity (Wildman–Crippen MR) is 72.1 cm³/mol. The van der Waals surface area contributed by atoms with Gasteiger partial charge in [0.15, 0.2) is 0 Å². The van der Waals surface area contributed by atoms with E-state index in [1.165, 1.54) is 0 Å². The first-order valence-electron chi connectivity index (χ1n) is 7.00. The van der Waals surface area contributed by atoms with Gasteiger partial charge in [-0.1, -0.05) is 27.2 Å². The Labute approximate surface area is 110 Å². The van der Waals surface area contributed by atoms with Crippen LogP contribution in [0.2, 0.25) is 0 Å². The molecule has 3 atom stereocenters. The molecule has 1 aliphatic heterocycles. The fourth-order valence-corrected chi connectivity index (χ4v) is 2.70. The summed E-state index contributed by atoms with van der Waals surface area (Å²) in [6.45, 7) is 10.1. The molecular formula is C14H26N2O2. The summed E-state index contributed by atoms with van der Waals surface area (Å²) < 4.78 is 0. The van der Waals surface area contributed by atoms with Gasteiger partial charge in [-0.05, 0) is 26.2 Å². The van der Waals surface area contributed by atoms with Crippen molar-refractivity contribution in [2.45, 2.75) is 72.0 Å². The molecule has 0 aliphatic carbocycles. The van der Waals surface area contributed by atoms with Gasteiger partial charge in [0, 0.05) is 18.5 Å². The first-order valence-corrected chi connectivity index (χ1v) is 7.00. The molecule has 2 amide bonds. The van der Waals surface area contributed by atoms with E-state index < -0.39 is 0 Å². The van der Waals surface area contributed by atoms with Crippen LogP contribution in [0.5, 0.6) is 0 Å². The van der Waals surface area contributed by atoms with E-state index in [1.54, 1.807) is 0 Å². The van der Waals surface area contributed by atoms with Gasteiger partial charge in [0.05, 0.1) is 0 Å². The van der Waals surface area contributed by atoms with Gasteiger partial charge >= 0.3 is 0 Å². The summed E-state index contributed by atoms with van der Waals surface area (Å²) in [5.41, 5.74) is 0. The van der Waals surface area contributed by atoms with E-state index in [1.807, 2.05) is 25.7 Å². The lowest BCUT2D eigenvalue weighted by atomic mass is 10.0. The Morgan fingerprint density at radius 3 is 2.44 bits per heavy atom. The second-order valence-electron chi connectivity index (χ2n) is 5.73. The summed E-state index contributed by atoms with van der Waals surface area (Å²) in [6, 6.07) is -0.184. The van der Waals surface area contributed by atoms with E-state index in [0.717, 1.165) is 12.8 Å². The molecule has 1 N–H and O–H groups in total. The first-order chi connectivity index (χ1) is 8.38. The maximum atomic E-state index is 12.6. The number of nitrogens with zero attached hydrogens (tertiary/aromatic N) is 1. The highest BCUT2D eigenvalue weighted by atomic mass is 16.2. The summed E-state index contributed by atoms with van der Waals surface area (Å²) in [5.74, 6) is 0.188. The highest BCUT2D eigenvalue weighted by Gasteiger charge is 2.37. The summed E-state index contributed by atoms with van der Waals surface area (Å²) in [5, 5.41) is 2.86. The highest BCUT2D eigenvalue weighted by molar-refractivity contribution is 5.90. The molecule has 1 saturated heterocycles. The minimum atomic E-state index is -0.373. The van der Waals surface area contributed by atoms with Crippen molar-refractivity contribution in [3.8, 4) is 0 Å². The van der Waals surface area contributed by atoms with Crippen molar-refractivity contribution in [3.05, 3.63) is 0 Å². The number of hydrogen-bond acceptors (Lipinski definition) is 2. The molecule has 104 valence electrons. The lowest BCUT2D eigenvalue weighted by molar-refractivity contribution is -0.138. The molecule has 0 saturated carbocycles. The SMILES string of the molecule is CCCC(C)N1C(=O)C(C(C)C)NC(=O)CC1C. The van der Waals surface area contributed by atoms with Crippen molar-refractivity contribution in [3.63, 3.8) is 0 Å². The molecule has 0 aromatic carbocycles. The lowest BCUT2D eigenvalue weighted by Gasteiger charge is -2.35. The highest BCUT2D eigenvalue weighted by Crippen LogP contribution is 2.20. The second-order valence-corrected chi connectivity index (χ2v) is 5.73. The van der Waals surface area contributed by atoms with Crippen LogP contribution in [0.1, 0.15) is 53.9 Å². The van der Waals surface area contributed by atoms with Crippen molar-refractivity contribution >= 4 is 11.8 Å². The third-order valence-corrected chi connectivity index (χ3v) is 3.64. The summed E-state index contributed by atoms with van der Waals surface area (Å²) in [7, 11) is 0. The van der Waals surface area contributed by atoms with Crippen LogP contribution in [-0.4, -0.2) is 34.8 Å². The second kappa shape index (κ2) is 6.21. The zero-order valence-corrected chi connectivity index (χ0v) is 12.2. The Morgan fingerprint density at radius 2 is 1.94 bits per heavy atom. The number of carbonyl (C=O) groups excluding carboxylic acids is 2. The van der Waals surface area contributed by atoms with Crippen LogP contribution in [0.25, 0.3) is 0 Å². The minimum absolute atomic E-state index is 0.0113. The first kappa shape index (κ1) is 15.0. The van der Waals surface area contributed by atoms with Crippen LogP contribution in [-0.2, 0) is 9.59 Å². The van der Waals surface area contributed by atoms with Crippen LogP contribution in [0.4, 0.5) is 0 Å². The van der Waals surface area contributed by atoms with E-state index in [9.17, 15) is 9.59 Å². The van der Waals surface area contributed by atoms with Gasteiger partial charge in [-0.15, -0.1) is 0 Å². The van der Waals surface area contributed by atoms with Gasteiger partial charge in [-0.2, -0.15) is 0 Å². The monoisotopic (exact) mass is 254 g/mol. The van der Waals surface area contributed by atoms with Gasteiger partial charge in [0.25, 0.3) is 0 Å². The molecule has 4 nitrogen and oxygen atoms in total. The molecule has 1 heterocycles. The van der Waals surface area contributed by atoms with Gasteiger partial charge in [0.1, 0.15) is 6.04 Å². The fourth-order valence-electron chi connectivity index (χ4n) is 2.70. The normalized spacial score (nSPS) is 27.1. The molecule has 0 radical (unpaired) electrons. The molecule has 1 aliphatic rings. The minimum Gasteiger partial charge on any atom is -0.344 e. The maximum Gasteiger partial charge on any atom is 0.245 e. The maximum absolute atomic E-state index is 12.6. The molecule has 1 rings (SSSR count). The van der Waals surface area contributed by atoms with Crippen LogP contribution in [0.15, 0.2) is 0 Å². The third kappa shape index (κ3) is 3.24. The van der Waals surface area contributed by atoms with E-state index in [4.69, 9.17) is 0 Å². The van der Waals surface area contributed by atoms with E-state index in [2.05, 4.69) is 19.2 Å². The number of carbonyl (C=O) groups is 2. The van der Waals surface area contributed by atoms with E-state index in [0.29, 0.717) is 6.42 Å². The van der Waals surface area contributed by atoms with Crippen molar-refractivity contribution < 1.29 is 9.59 Å². The number of nitrogens with one attached hydrogen (secondary N) is 1. The average molecular weight is 254 g/mol. The molecule has 3 unspecified atom stereocenters. The van der Waals surface area contributed by atoms with Gasteiger partial charge in [-0.25, -0.2) is 0 Å². The Bertz CT molecular complexity index is 315. The number of rotatable bonds is 4. The van der Waals surface area contributed by atoms with Gasteiger partial charge in [-0.3, -0.25) is 9.59 Å². The van der Waals surface area contributed by atoms with Crippen molar-refractivity contribution in [2.75, 3.05) is 0 Å². The van der Waals surface area contributed by atoms with E-state index in [-0.39, 0.29) is 35.9 Å². The lowest BCUT2D eigenvalue weighted by Crippen LogP contribution is -2.51. The standard InChI is InChI=1S/C14H26N2O2/c1-6-7-10(4)16-11(5)8-12(17)15-13(9(2)3)14(16)18/h9-11,13H,6-8H2,1-5H3,(H,15,17). The van der Waals surface area contributed by atoms with Crippen LogP contribution in [0.3, 0.4) is 0 Å². The zero-order valence-electron chi connectivity index (χ0n) is 12.2. The largest absolute Gasteiger partial charge is 0.344 e. The third-order valence-electron chi connectivity index (χ3n) is 3.64. The molecular weight excluding hydrogens is 228 g/mol. The fraction of sp³-hybridized carbons (Fsp3) is 0.857. The molecule has 0 bridgehead atoms. The Balaban J connectivity index is 2.97. The summed E-state index contributed by atoms with van der Waals surface area (Å²) >= 11 is 0. The number of hydrogen-bond donors (Lipinski definition) is 1. The molecule has 18 heavy (non-hydrogen) atoms. The van der Waals surface area contributed by atoms with Crippen LogP contribution in [0, 0.1) is 5.92 Å². The zero-order chi connectivity index (χ0) is 13.9. The molecule has 1 fully saturated rings.